The van der Waals surface area contributed by atoms with Crippen LogP contribution in [0.4, 0.5) is 17.1 Å². The second-order valence-electron chi connectivity index (χ2n) is 7.08. The molecule has 4 rings (SSSR count). The Labute approximate surface area is 212 Å². The molecule has 0 fully saturated rings. The number of hydrogen-bond donors (Lipinski definition) is 1. The number of benzene rings is 3. The molecule has 0 aliphatic carbocycles. The molecule has 3 aromatic rings. The molecule has 3 aromatic carbocycles. The number of rotatable bonds is 6. The quantitative estimate of drug-likeness (QED) is 0.145. The van der Waals surface area contributed by atoms with E-state index in [2.05, 4.69) is 5.32 Å². The van der Waals surface area contributed by atoms with Gasteiger partial charge in [-0.05, 0) is 48.5 Å². The van der Waals surface area contributed by atoms with Crippen LogP contribution in [-0.4, -0.2) is 22.7 Å². The molecule has 0 aromatic heterocycles. The van der Waals surface area contributed by atoms with E-state index in [4.69, 9.17) is 39.5 Å². The lowest BCUT2D eigenvalue weighted by Gasteiger charge is -2.16. The zero-order chi connectivity index (χ0) is 25.3. The number of anilines is 2. The summed E-state index contributed by atoms with van der Waals surface area (Å²) in [6, 6.07) is 15.4. The van der Waals surface area contributed by atoms with Crippen LogP contribution in [-0.2, 0) is 9.59 Å². The van der Waals surface area contributed by atoms with Crippen molar-refractivity contribution in [3.05, 3.63) is 103 Å². The van der Waals surface area contributed by atoms with Gasteiger partial charge in [0.25, 0.3) is 11.8 Å². The Morgan fingerprint density at radius 3 is 2.17 bits per heavy atom. The number of carbonyl (C=O) groups excluding carboxylic acids is 3. The molecule has 1 aliphatic rings. The molecule has 1 aliphatic heterocycles. The molecule has 0 spiro atoms. The van der Waals surface area contributed by atoms with Gasteiger partial charge >= 0.3 is 11.7 Å². The second-order valence-corrected chi connectivity index (χ2v) is 8.33. The summed E-state index contributed by atoms with van der Waals surface area (Å²) in [6.07, 6.45) is 0. The first-order valence-electron chi connectivity index (χ1n) is 9.73. The highest BCUT2D eigenvalue weighted by Crippen LogP contribution is 2.33. The first kappa shape index (κ1) is 24.2. The number of nitrogens with one attached hydrogen (secondary N) is 1. The molecule has 1 heterocycles. The first-order chi connectivity index (χ1) is 16.7. The number of hydrogen-bond acceptors (Lipinski definition) is 7. The number of esters is 1. The molecule has 1 N–H and O–H groups in total. The summed E-state index contributed by atoms with van der Waals surface area (Å²) < 4.78 is 5.14. The number of amides is 2. The number of imide groups is 1. The van der Waals surface area contributed by atoms with Crippen LogP contribution in [0.5, 0.6) is 5.75 Å². The van der Waals surface area contributed by atoms with Gasteiger partial charge in [0, 0.05) is 21.8 Å². The van der Waals surface area contributed by atoms with Crippen molar-refractivity contribution in [2.45, 2.75) is 0 Å². The number of nitro benzene ring substituents is 1. The van der Waals surface area contributed by atoms with Crippen molar-refractivity contribution in [1.29, 1.82) is 0 Å². The molecule has 0 bridgehead atoms. The van der Waals surface area contributed by atoms with Crippen molar-refractivity contribution < 1.29 is 24.0 Å². The van der Waals surface area contributed by atoms with Crippen LogP contribution >= 0.6 is 34.8 Å². The maximum Gasteiger partial charge on any atom is 0.343 e. The molecule has 0 radical (unpaired) electrons. The fourth-order valence-corrected chi connectivity index (χ4v) is 3.93. The first-order valence-corrected chi connectivity index (χ1v) is 10.9. The second kappa shape index (κ2) is 9.75. The Morgan fingerprint density at radius 2 is 1.54 bits per heavy atom. The Bertz CT molecular complexity index is 1400. The van der Waals surface area contributed by atoms with Crippen LogP contribution in [0, 0.1) is 10.1 Å². The van der Waals surface area contributed by atoms with Crippen LogP contribution in [0.25, 0.3) is 0 Å². The average Bonchev–Trinajstić information content (AvgIpc) is 3.02. The van der Waals surface area contributed by atoms with E-state index in [0.29, 0.717) is 5.69 Å². The molecular formula is C23H12Cl3N3O6. The molecule has 2 amide bonds. The van der Waals surface area contributed by atoms with Crippen molar-refractivity contribution in [3.63, 3.8) is 0 Å². The van der Waals surface area contributed by atoms with Gasteiger partial charge in [0.05, 0.1) is 16.2 Å². The summed E-state index contributed by atoms with van der Waals surface area (Å²) in [6.45, 7) is 0. The number of nitrogens with zero attached hydrogens (tertiary/aromatic N) is 2. The van der Waals surface area contributed by atoms with Crippen LogP contribution < -0.4 is 15.0 Å². The van der Waals surface area contributed by atoms with Crippen molar-refractivity contribution >= 4 is 69.6 Å². The third-order valence-electron chi connectivity index (χ3n) is 4.79. The lowest BCUT2D eigenvalue weighted by atomic mass is 10.2. The molecule has 9 nitrogen and oxygen atoms in total. The minimum absolute atomic E-state index is 0.0952. The van der Waals surface area contributed by atoms with Crippen LogP contribution in [0.15, 0.2) is 77.5 Å². The summed E-state index contributed by atoms with van der Waals surface area (Å²) in [5.41, 5.74) is 0.0598. The number of ether oxygens (including phenoxy) is 1. The number of nitro groups is 1. The number of carbonyl (C=O) groups is 3. The van der Waals surface area contributed by atoms with Gasteiger partial charge in [0.15, 0.2) is 0 Å². The molecule has 0 saturated carbocycles. The van der Waals surface area contributed by atoms with Crippen molar-refractivity contribution in [1.82, 2.24) is 0 Å². The van der Waals surface area contributed by atoms with Crippen molar-refractivity contribution in [3.8, 4) is 5.75 Å². The smallest absolute Gasteiger partial charge is 0.343 e. The fraction of sp³-hybridized carbons (Fsp3) is 0. The van der Waals surface area contributed by atoms with Crippen molar-refractivity contribution in [2.75, 3.05) is 10.2 Å². The molecule has 35 heavy (non-hydrogen) atoms. The summed E-state index contributed by atoms with van der Waals surface area (Å²) in [4.78, 5) is 49.2. The van der Waals surface area contributed by atoms with Gasteiger partial charge in [-0.1, -0.05) is 46.9 Å². The molecule has 0 saturated heterocycles. The highest BCUT2D eigenvalue weighted by atomic mass is 35.5. The van der Waals surface area contributed by atoms with Gasteiger partial charge in [-0.25, -0.2) is 9.69 Å². The van der Waals surface area contributed by atoms with Crippen LogP contribution in [0.2, 0.25) is 10.0 Å². The summed E-state index contributed by atoms with van der Waals surface area (Å²) in [7, 11) is 0. The van der Waals surface area contributed by atoms with Gasteiger partial charge < -0.3 is 10.1 Å². The highest BCUT2D eigenvalue weighted by Gasteiger charge is 2.39. The predicted molar refractivity (Wildman–Crippen MR) is 130 cm³/mol. The van der Waals surface area contributed by atoms with E-state index in [0.717, 1.165) is 4.90 Å². The Kier molecular flexibility index (Phi) is 6.74. The van der Waals surface area contributed by atoms with E-state index in [-0.39, 0.29) is 43.5 Å². The minimum atomic E-state index is -0.820. The van der Waals surface area contributed by atoms with E-state index < -0.39 is 22.7 Å². The average molecular weight is 533 g/mol. The summed E-state index contributed by atoms with van der Waals surface area (Å²) >= 11 is 18.1. The highest BCUT2D eigenvalue weighted by molar-refractivity contribution is 6.53. The van der Waals surface area contributed by atoms with Gasteiger partial charge in [0.1, 0.15) is 10.7 Å². The standard InChI is InChI=1S/C23H12Cl3N3O6/c24-13-9-14(25)11-16(10-13)28-21(30)19(26)20(22(28)31)27-15-7-5-12(6-8-15)23(32)35-18-4-2-1-3-17(18)29(33)34/h1-11,27H. The van der Waals surface area contributed by atoms with E-state index >= 15 is 0 Å². The SMILES string of the molecule is O=C(Oc1ccccc1[N+](=O)[O-])c1ccc(NC2=C(Cl)C(=O)N(c3cc(Cl)cc(Cl)c3)C2=O)cc1. The van der Waals surface area contributed by atoms with Gasteiger partial charge in [-0.3, -0.25) is 19.7 Å². The third kappa shape index (κ3) is 4.97. The predicted octanol–water partition coefficient (Wildman–Crippen LogP) is 5.56. The Balaban J connectivity index is 1.50. The Hall–Kier alpha value is -3.92. The largest absolute Gasteiger partial charge is 0.416 e. The Morgan fingerprint density at radius 1 is 0.914 bits per heavy atom. The third-order valence-corrected chi connectivity index (χ3v) is 5.57. The van der Waals surface area contributed by atoms with Gasteiger partial charge in [-0.2, -0.15) is 0 Å². The number of halogens is 3. The molecule has 0 unspecified atom stereocenters. The van der Waals surface area contributed by atoms with Crippen molar-refractivity contribution in [2.24, 2.45) is 0 Å². The van der Waals surface area contributed by atoms with Crippen LogP contribution in [0.3, 0.4) is 0 Å². The van der Waals surface area contributed by atoms with E-state index in [1.54, 1.807) is 0 Å². The van der Waals surface area contributed by atoms with E-state index in [9.17, 15) is 24.5 Å². The maximum absolute atomic E-state index is 12.9. The van der Waals surface area contributed by atoms with E-state index in [1.807, 2.05) is 0 Å². The lowest BCUT2D eigenvalue weighted by molar-refractivity contribution is -0.385. The van der Waals surface area contributed by atoms with Crippen LogP contribution in [0.1, 0.15) is 10.4 Å². The normalized spacial score (nSPS) is 13.3. The molecule has 12 heteroatoms. The molecule has 0 atom stereocenters. The van der Waals surface area contributed by atoms with Gasteiger partial charge in [0.2, 0.25) is 5.75 Å². The monoisotopic (exact) mass is 531 g/mol. The topological polar surface area (TPSA) is 119 Å². The van der Waals surface area contributed by atoms with Gasteiger partial charge in [-0.15, -0.1) is 0 Å². The summed E-state index contributed by atoms with van der Waals surface area (Å²) in [5, 5.41) is 14.0. The molecule has 176 valence electrons. The summed E-state index contributed by atoms with van der Waals surface area (Å²) in [5.74, 6) is -2.50. The lowest BCUT2D eigenvalue weighted by Crippen LogP contribution is -2.32. The fourth-order valence-electron chi connectivity index (χ4n) is 3.20. The maximum atomic E-state index is 12.9. The minimum Gasteiger partial charge on any atom is -0.416 e. The molecular weight excluding hydrogens is 521 g/mol. The zero-order valence-electron chi connectivity index (χ0n) is 17.3. The number of para-hydroxylation sites is 2. The zero-order valence-corrected chi connectivity index (χ0v) is 19.6. The van der Waals surface area contributed by atoms with E-state index in [1.165, 1.54) is 66.7 Å².